The lowest BCUT2D eigenvalue weighted by Crippen LogP contribution is -2.23. The number of nitrogens with one attached hydrogen (secondary N) is 1. The molecule has 92 valence electrons. The highest BCUT2D eigenvalue weighted by Crippen LogP contribution is 2.28. The van der Waals surface area contributed by atoms with E-state index in [1.165, 1.54) is 4.70 Å². The van der Waals surface area contributed by atoms with Gasteiger partial charge in [-0.05, 0) is 24.6 Å². The molecule has 0 aliphatic carbocycles. The lowest BCUT2D eigenvalue weighted by molar-refractivity contribution is 0.184. The number of halogens is 1. The van der Waals surface area contributed by atoms with Gasteiger partial charge in [0.1, 0.15) is 0 Å². The van der Waals surface area contributed by atoms with Gasteiger partial charge in [0.2, 0.25) is 0 Å². The summed E-state index contributed by atoms with van der Waals surface area (Å²) in [5.74, 6) is 0. The number of ether oxygens (including phenoxy) is 1. The summed E-state index contributed by atoms with van der Waals surface area (Å²) in [6, 6.07) is 6.45. The third kappa shape index (κ3) is 3.18. The van der Waals surface area contributed by atoms with E-state index >= 15 is 0 Å². The van der Waals surface area contributed by atoms with Gasteiger partial charge in [-0.2, -0.15) is 0 Å². The molecule has 2 aromatic rings. The van der Waals surface area contributed by atoms with Gasteiger partial charge in [-0.25, -0.2) is 4.98 Å². The van der Waals surface area contributed by atoms with Gasteiger partial charge in [-0.3, -0.25) is 0 Å². The second kappa shape index (κ2) is 5.80. The Kier molecular flexibility index (Phi) is 4.36. The Bertz CT molecular complexity index is 500. The van der Waals surface area contributed by atoms with Crippen LogP contribution in [0.2, 0.25) is 0 Å². The van der Waals surface area contributed by atoms with E-state index in [4.69, 9.17) is 4.74 Å². The molecule has 1 aromatic heterocycles. The summed E-state index contributed by atoms with van der Waals surface area (Å²) in [7, 11) is 1.72. The van der Waals surface area contributed by atoms with Gasteiger partial charge in [-0.1, -0.05) is 34.2 Å². The predicted octanol–water partition coefficient (Wildman–Crippen LogP) is 3.90. The first-order chi connectivity index (χ1) is 8.22. The van der Waals surface area contributed by atoms with E-state index in [0.717, 1.165) is 21.5 Å². The van der Waals surface area contributed by atoms with Crippen molar-refractivity contribution in [3.8, 4) is 0 Å². The molecule has 17 heavy (non-hydrogen) atoms. The average Bonchev–Trinajstić information content (AvgIpc) is 2.69. The molecular formula is C12H15BrN2OS. The van der Waals surface area contributed by atoms with Crippen molar-refractivity contribution in [3.63, 3.8) is 0 Å². The summed E-state index contributed by atoms with van der Waals surface area (Å²) in [5.41, 5.74) is 1.04. The monoisotopic (exact) mass is 314 g/mol. The highest BCUT2D eigenvalue weighted by atomic mass is 79.9. The summed E-state index contributed by atoms with van der Waals surface area (Å²) in [4.78, 5) is 4.55. The van der Waals surface area contributed by atoms with Crippen LogP contribution in [0.25, 0.3) is 10.2 Å². The van der Waals surface area contributed by atoms with Crippen LogP contribution in [0.4, 0.5) is 5.13 Å². The van der Waals surface area contributed by atoms with Gasteiger partial charge < -0.3 is 10.1 Å². The smallest absolute Gasteiger partial charge is 0.184 e. The Morgan fingerprint density at radius 2 is 2.35 bits per heavy atom. The number of fused-ring (bicyclic) bond motifs is 1. The van der Waals surface area contributed by atoms with Gasteiger partial charge in [0, 0.05) is 11.6 Å². The van der Waals surface area contributed by atoms with Gasteiger partial charge in [0.25, 0.3) is 0 Å². The summed E-state index contributed by atoms with van der Waals surface area (Å²) < 4.78 is 7.44. The molecule has 0 amide bonds. The molecule has 0 aliphatic heterocycles. The van der Waals surface area contributed by atoms with Crippen LogP contribution in [-0.4, -0.2) is 24.7 Å². The minimum Gasteiger partial charge on any atom is -0.383 e. The highest BCUT2D eigenvalue weighted by molar-refractivity contribution is 9.10. The number of rotatable bonds is 5. The fraction of sp³-hybridized carbons (Fsp3) is 0.417. The Balaban J connectivity index is 2.18. The van der Waals surface area contributed by atoms with Crippen LogP contribution in [0.15, 0.2) is 22.7 Å². The molecule has 0 saturated heterocycles. The molecule has 5 heteroatoms. The maximum absolute atomic E-state index is 5.17. The standard InChI is InChI=1S/C12H15BrN2OS/c1-3-9(7-16-2)14-12-15-10-5-4-8(13)6-11(10)17-12/h4-6,9H,3,7H2,1-2H3,(H,14,15). The molecule has 0 spiro atoms. The molecule has 1 aromatic carbocycles. The van der Waals surface area contributed by atoms with Crippen molar-refractivity contribution in [2.24, 2.45) is 0 Å². The second-order valence-corrected chi connectivity index (χ2v) is 5.78. The van der Waals surface area contributed by atoms with Crippen molar-refractivity contribution >= 4 is 42.6 Å². The van der Waals surface area contributed by atoms with Gasteiger partial charge in [0.15, 0.2) is 5.13 Å². The summed E-state index contributed by atoms with van der Waals surface area (Å²) >= 11 is 5.14. The topological polar surface area (TPSA) is 34.1 Å². The molecule has 3 nitrogen and oxygen atoms in total. The number of methoxy groups -OCH3 is 1. The van der Waals surface area contributed by atoms with E-state index in [0.29, 0.717) is 12.6 Å². The number of thiazole rings is 1. The second-order valence-electron chi connectivity index (χ2n) is 3.84. The Labute approximate surface area is 113 Å². The lowest BCUT2D eigenvalue weighted by atomic mass is 10.2. The molecule has 1 unspecified atom stereocenters. The normalized spacial score (nSPS) is 12.9. The number of hydrogen-bond acceptors (Lipinski definition) is 4. The van der Waals surface area contributed by atoms with E-state index < -0.39 is 0 Å². The quantitative estimate of drug-likeness (QED) is 0.909. The van der Waals surface area contributed by atoms with E-state index in [1.807, 2.05) is 12.1 Å². The molecule has 0 fully saturated rings. The number of nitrogens with zero attached hydrogens (tertiary/aromatic N) is 1. The van der Waals surface area contributed by atoms with Crippen LogP contribution >= 0.6 is 27.3 Å². The maximum atomic E-state index is 5.17. The zero-order valence-electron chi connectivity index (χ0n) is 9.87. The van der Waals surface area contributed by atoms with Crippen molar-refractivity contribution in [2.75, 3.05) is 19.0 Å². The zero-order valence-corrected chi connectivity index (χ0v) is 12.3. The highest BCUT2D eigenvalue weighted by Gasteiger charge is 2.09. The Morgan fingerprint density at radius 1 is 1.53 bits per heavy atom. The first-order valence-electron chi connectivity index (χ1n) is 5.54. The van der Waals surface area contributed by atoms with Crippen molar-refractivity contribution < 1.29 is 4.74 Å². The Hall–Kier alpha value is -0.650. The summed E-state index contributed by atoms with van der Waals surface area (Å²) in [6.45, 7) is 2.84. The lowest BCUT2D eigenvalue weighted by Gasteiger charge is -2.14. The number of aromatic nitrogens is 1. The first kappa shape index (κ1) is 12.8. The van der Waals surface area contributed by atoms with Crippen molar-refractivity contribution in [2.45, 2.75) is 19.4 Å². The summed E-state index contributed by atoms with van der Waals surface area (Å²) in [6.07, 6.45) is 1.02. The van der Waals surface area contributed by atoms with Gasteiger partial charge >= 0.3 is 0 Å². The predicted molar refractivity (Wildman–Crippen MR) is 76.9 cm³/mol. The third-order valence-corrected chi connectivity index (χ3v) is 3.98. The van der Waals surface area contributed by atoms with Crippen LogP contribution in [0.3, 0.4) is 0 Å². The maximum Gasteiger partial charge on any atom is 0.184 e. The van der Waals surface area contributed by atoms with E-state index in [9.17, 15) is 0 Å². The largest absolute Gasteiger partial charge is 0.383 e. The van der Waals surface area contributed by atoms with Crippen molar-refractivity contribution in [3.05, 3.63) is 22.7 Å². The molecule has 2 rings (SSSR count). The van der Waals surface area contributed by atoms with Crippen molar-refractivity contribution in [1.29, 1.82) is 0 Å². The van der Waals surface area contributed by atoms with E-state index in [2.05, 4.69) is 39.2 Å². The minimum atomic E-state index is 0.323. The minimum absolute atomic E-state index is 0.323. The first-order valence-corrected chi connectivity index (χ1v) is 7.15. The Morgan fingerprint density at radius 3 is 3.06 bits per heavy atom. The molecule has 1 atom stereocenters. The zero-order chi connectivity index (χ0) is 12.3. The van der Waals surface area contributed by atoms with E-state index in [-0.39, 0.29) is 0 Å². The van der Waals surface area contributed by atoms with Gasteiger partial charge in [-0.15, -0.1) is 0 Å². The number of benzene rings is 1. The SMILES string of the molecule is CCC(COC)Nc1nc2ccc(Br)cc2s1. The van der Waals surface area contributed by atoms with E-state index in [1.54, 1.807) is 18.4 Å². The van der Waals surface area contributed by atoms with Crippen LogP contribution in [-0.2, 0) is 4.74 Å². The third-order valence-electron chi connectivity index (χ3n) is 2.54. The van der Waals surface area contributed by atoms with Crippen molar-refractivity contribution in [1.82, 2.24) is 4.98 Å². The molecule has 1 N–H and O–H groups in total. The molecular weight excluding hydrogens is 300 g/mol. The van der Waals surface area contributed by atoms with Crippen LogP contribution in [0.5, 0.6) is 0 Å². The molecule has 1 heterocycles. The average molecular weight is 315 g/mol. The van der Waals surface area contributed by atoms with Gasteiger partial charge in [0.05, 0.1) is 22.9 Å². The van der Waals surface area contributed by atoms with Crippen LogP contribution in [0.1, 0.15) is 13.3 Å². The van der Waals surface area contributed by atoms with Crippen LogP contribution < -0.4 is 5.32 Å². The number of anilines is 1. The molecule has 0 aliphatic rings. The summed E-state index contributed by atoms with van der Waals surface area (Å²) in [5, 5.41) is 4.37. The van der Waals surface area contributed by atoms with Crippen LogP contribution in [0, 0.1) is 0 Å². The molecule has 0 bridgehead atoms. The fourth-order valence-electron chi connectivity index (χ4n) is 1.60. The fourth-order valence-corrected chi connectivity index (χ4v) is 3.09. The molecule has 0 saturated carbocycles. The number of hydrogen-bond donors (Lipinski definition) is 1. The molecule has 0 radical (unpaired) electrons.